The third kappa shape index (κ3) is 63.6. The summed E-state index contributed by atoms with van der Waals surface area (Å²) in [7, 11) is 0. The van der Waals surface area contributed by atoms with Gasteiger partial charge in [-0.2, -0.15) is 0 Å². The Labute approximate surface area is 482 Å². The number of rotatable bonds is 67. The van der Waals surface area contributed by atoms with Gasteiger partial charge in [0.15, 0.2) is 0 Å². The van der Waals surface area contributed by atoms with Crippen LogP contribution in [0.4, 0.5) is 0 Å². The molecule has 2 unspecified atom stereocenters. The summed E-state index contributed by atoms with van der Waals surface area (Å²) in [5, 5.41) is 23.4. The van der Waals surface area contributed by atoms with Gasteiger partial charge in [-0.25, -0.2) is 0 Å². The zero-order chi connectivity index (χ0) is 55.7. The maximum Gasteiger partial charge on any atom is 0.305 e. The first-order valence-corrected chi connectivity index (χ1v) is 35.4. The smallest absolute Gasteiger partial charge is 0.305 e. The van der Waals surface area contributed by atoms with Gasteiger partial charge in [0.2, 0.25) is 5.91 Å². The van der Waals surface area contributed by atoms with Crippen LogP contribution in [-0.2, 0) is 14.3 Å². The zero-order valence-corrected chi connectivity index (χ0v) is 52.5. The number of ether oxygens (including phenoxy) is 1. The van der Waals surface area contributed by atoms with Gasteiger partial charge in [-0.05, 0) is 51.4 Å². The predicted molar refractivity (Wildman–Crippen MR) is 338 cm³/mol. The van der Waals surface area contributed by atoms with Gasteiger partial charge in [0.25, 0.3) is 0 Å². The molecule has 0 fully saturated rings. The van der Waals surface area contributed by atoms with Crippen molar-refractivity contribution in [3.05, 3.63) is 12.2 Å². The number of hydrogen-bond acceptors (Lipinski definition) is 5. The quantitative estimate of drug-likeness (QED) is 0.0320. The molecule has 0 bridgehead atoms. The Morgan fingerprint density at radius 2 is 0.610 bits per heavy atom. The van der Waals surface area contributed by atoms with E-state index < -0.39 is 12.1 Å². The van der Waals surface area contributed by atoms with Crippen LogP contribution in [0.1, 0.15) is 406 Å². The maximum atomic E-state index is 12.5. The number of carbonyl (C=O) groups excluding carboxylic acids is 2. The fourth-order valence-corrected chi connectivity index (χ4v) is 11.4. The summed E-state index contributed by atoms with van der Waals surface area (Å²) in [6, 6.07) is -0.545. The molecular weight excluding hydrogens is 947 g/mol. The molecule has 0 heterocycles. The van der Waals surface area contributed by atoms with E-state index in [0.717, 1.165) is 38.5 Å². The Balaban J connectivity index is 3.37. The highest BCUT2D eigenvalue weighted by molar-refractivity contribution is 5.76. The van der Waals surface area contributed by atoms with Crippen LogP contribution in [0.3, 0.4) is 0 Å². The third-order valence-electron chi connectivity index (χ3n) is 16.8. The molecule has 3 N–H and O–H groups in total. The first kappa shape index (κ1) is 75.6. The second-order valence-electron chi connectivity index (χ2n) is 24.6. The van der Waals surface area contributed by atoms with Gasteiger partial charge < -0.3 is 20.3 Å². The molecule has 0 aromatic rings. The van der Waals surface area contributed by atoms with E-state index in [1.807, 2.05) is 0 Å². The first-order chi connectivity index (χ1) is 38.0. The topological polar surface area (TPSA) is 95.9 Å². The van der Waals surface area contributed by atoms with Crippen molar-refractivity contribution >= 4 is 11.9 Å². The van der Waals surface area contributed by atoms with Crippen molar-refractivity contribution < 1.29 is 24.5 Å². The fraction of sp³-hybridized carbons (Fsp3) is 0.944. The number of aliphatic hydroxyl groups excluding tert-OH is 2. The second-order valence-corrected chi connectivity index (χ2v) is 24.6. The van der Waals surface area contributed by atoms with Crippen LogP contribution < -0.4 is 5.32 Å². The molecule has 1 amide bonds. The van der Waals surface area contributed by atoms with Gasteiger partial charge >= 0.3 is 5.97 Å². The number of nitrogens with one attached hydrogen (secondary N) is 1. The van der Waals surface area contributed by atoms with Crippen LogP contribution in [0, 0.1) is 0 Å². The van der Waals surface area contributed by atoms with Gasteiger partial charge in [0.1, 0.15) is 0 Å². The molecule has 0 aliphatic rings. The molecule has 0 aliphatic heterocycles. The Bertz CT molecular complexity index is 1160. The number of aliphatic hydroxyl groups is 2. The van der Waals surface area contributed by atoms with Crippen LogP contribution >= 0.6 is 0 Å². The van der Waals surface area contributed by atoms with Crippen LogP contribution in [0.15, 0.2) is 12.2 Å². The van der Waals surface area contributed by atoms with Gasteiger partial charge in [-0.15, -0.1) is 0 Å². The molecule has 0 saturated heterocycles. The lowest BCUT2D eigenvalue weighted by Crippen LogP contribution is -2.45. The molecule has 0 spiro atoms. The molecule has 0 radical (unpaired) electrons. The van der Waals surface area contributed by atoms with Crippen molar-refractivity contribution in [2.45, 2.75) is 418 Å². The van der Waals surface area contributed by atoms with Crippen molar-refractivity contribution in [3.8, 4) is 0 Å². The van der Waals surface area contributed by atoms with E-state index in [2.05, 4.69) is 31.3 Å². The van der Waals surface area contributed by atoms with Crippen LogP contribution in [0.5, 0.6) is 0 Å². The molecule has 0 aliphatic carbocycles. The van der Waals surface area contributed by atoms with Gasteiger partial charge in [-0.1, -0.05) is 353 Å². The van der Waals surface area contributed by atoms with Crippen molar-refractivity contribution in [3.63, 3.8) is 0 Å². The van der Waals surface area contributed by atoms with Crippen LogP contribution in [-0.4, -0.2) is 47.4 Å². The average Bonchev–Trinajstić information content (AvgIpc) is 3.43. The third-order valence-corrected chi connectivity index (χ3v) is 16.8. The SMILES string of the molecule is CCCCCCCCCCCCCCCCCCCCC(=O)OCCCCCCCCCCCCCC/C=C\CCCCCCCCCCC(=O)NC(CO)C(O)CCCCCCCCCCCCCCCCCCCC. The Hall–Kier alpha value is -1.40. The number of carbonyl (C=O) groups is 2. The highest BCUT2D eigenvalue weighted by Gasteiger charge is 2.20. The predicted octanol–water partition coefficient (Wildman–Crippen LogP) is 22.8. The summed E-state index contributed by atoms with van der Waals surface area (Å²) >= 11 is 0. The zero-order valence-electron chi connectivity index (χ0n) is 52.5. The second kappa shape index (κ2) is 67.1. The van der Waals surface area contributed by atoms with E-state index in [9.17, 15) is 19.8 Å². The van der Waals surface area contributed by atoms with Gasteiger partial charge in [0, 0.05) is 12.8 Å². The van der Waals surface area contributed by atoms with Crippen molar-refractivity contribution in [1.82, 2.24) is 5.32 Å². The standard InChI is InChI=1S/C71H139NO5/c1-3-5-7-9-11-13-15-17-19-21-31-35-39-43-47-51-55-59-63-69(74)68(67-73)72-70(75)64-60-56-52-48-44-40-36-32-29-27-25-23-24-26-28-30-34-38-42-46-50-54-58-62-66-77-71(76)65-61-57-53-49-45-41-37-33-22-20-18-16-14-12-10-8-6-4-2/h25,27,68-69,73-74H,3-24,26,28-67H2,1-2H3,(H,72,75)/b27-25-. The van der Waals surface area contributed by atoms with E-state index in [1.165, 1.54) is 334 Å². The van der Waals surface area contributed by atoms with Gasteiger partial charge in [-0.3, -0.25) is 9.59 Å². The summed E-state index contributed by atoms with van der Waals surface area (Å²) in [6.45, 7) is 5.00. The summed E-state index contributed by atoms with van der Waals surface area (Å²) in [5.74, 6) is -0.0173. The highest BCUT2D eigenvalue weighted by atomic mass is 16.5. The lowest BCUT2D eigenvalue weighted by molar-refractivity contribution is -0.143. The number of hydrogen-bond donors (Lipinski definition) is 3. The molecule has 6 heteroatoms. The molecule has 0 aromatic carbocycles. The monoisotopic (exact) mass is 1090 g/mol. The minimum Gasteiger partial charge on any atom is -0.466 e. The van der Waals surface area contributed by atoms with Crippen molar-refractivity contribution in [1.29, 1.82) is 0 Å². The first-order valence-electron chi connectivity index (χ1n) is 35.4. The number of esters is 1. The molecule has 6 nitrogen and oxygen atoms in total. The van der Waals surface area contributed by atoms with Crippen LogP contribution in [0.2, 0.25) is 0 Å². The largest absolute Gasteiger partial charge is 0.466 e. The van der Waals surface area contributed by atoms with Crippen LogP contribution in [0.25, 0.3) is 0 Å². The van der Waals surface area contributed by atoms with E-state index in [-0.39, 0.29) is 18.5 Å². The Morgan fingerprint density at radius 1 is 0.351 bits per heavy atom. The van der Waals surface area contributed by atoms with Crippen molar-refractivity contribution in [2.24, 2.45) is 0 Å². The average molecular weight is 1090 g/mol. The molecule has 458 valence electrons. The Kier molecular flexibility index (Phi) is 65.9. The molecule has 77 heavy (non-hydrogen) atoms. The summed E-state index contributed by atoms with van der Waals surface area (Å²) in [5.41, 5.74) is 0. The summed E-state index contributed by atoms with van der Waals surface area (Å²) < 4.78 is 5.51. The number of unbranched alkanes of at least 4 members (excludes halogenated alkanes) is 54. The minimum atomic E-state index is -0.667. The molecular formula is C71H139NO5. The van der Waals surface area contributed by atoms with E-state index in [4.69, 9.17) is 4.74 Å². The van der Waals surface area contributed by atoms with E-state index >= 15 is 0 Å². The summed E-state index contributed by atoms with van der Waals surface area (Å²) in [6.07, 6.45) is 82.5. The van der Waals surface area contributed by atoms with E-state index in [1.54, 1.807) is 0 Å². The lowest BCUT2D eigenvalue weighted by Gasteiger charge is -2.22. The van der Waals surface area contributed by atoms with E-state index in [0.29, 0.717) is 25.9 Å². The van der Waals surface area contributed by atoms with Crippen molar-refractivity contribution in [2.75, 3.05) is 13.2 Å². The molecule has 0 aromatic heterocycles. The maximum absolute atomic E-state index is 12.5. The number of allylic oxidation sites excluding steroid dienone is 2. The summed E-state index contributed by atoms with van der Waals surface area (Å²) in [4.78, 5) is 24.6. The molecule has 2 atom stereocenters. The molecule has 0 saturated carbocycles. The number of amides is 1. The lowest BCUT2D eigenvalue weighted by atomic mass is 10.0. The highest BCUT2D eigenvalue weighted by Crippen LogP contribution is 2.19. The fourth-order valence-electron chi connectivity index (χ4n) is 11.4. The normalized spacial score (nSPS) is 12.5. The molecule has 0 rings (SSSR count). The minimum absolute atomic E-state index is 0.0181. The van der Waals surface area contributed by atoms with Gasteiger partial charge in [0.05, 0.1) is 25.4 Å². The Morgan fingerprint density at radius 3 is 0.922 bits per heavy atom.